The van der Waals surface area contributed by atoms with Crippen molar-refractivity contribution in [2.24, 2.45) is 5.10 Å². The first kappa shape index (κ1) is 20.0. The first-order valence-corrected chi connectivity index (χ1v) is 11.7. The van der Waals surface area contributed by atoms with E-state index in [2.05, 4.69) is 20.3 Å². The third-order valence-electron chi connectivity index (χ3n) is 4.76. The number of furan rings is 1. The number of aromatic amines is 1. The lowest BCUT2D eigenvalue weighted by Gasteiger charge is -2.19. The monoisotopic (exact) mass is 469 g/mol. The van der Waals surface area contributed by atoms with E-state index >= 15 is 0 Å². The number of hydrogen-bond acceptors (Lipinski definition) is 7. The molecular formula is C21H16ClN5O2S2. The summed E-state index contributed by atoms with van der Waals surface area (Å²) in [6.45, 7) is 0. The fraction of sp³-hybridized carbons (Fsp3) is 0.143. The van der Waals surface area contributed by atoms with E-state index in [1.54, 1.807) is 17.6 Å². The van der Waals surface area contributed by atoms with Gasteiger partial charge in [-0.3, -0.25) is 9.89 Å². The summed E-state index contributed by atoms with van der Waals surface area (Å²) in [6, 6.07) is 14.8. The van der Waals surface area contributed by atoms with Crippen LogP contribution in [0.4, 0.5) is 0 Å². The van der Waals surface area contributed by atoms with Crippen molar-refractivity contribution in [2.45, 2.75) is 17.6 Å². The molecule has 156 valence electrons. The van der Waals surface area contributed by atoms with E-state index in [4.69, 9.17) is 16.0 Å². The number of hydrazone groups is 1. The highest BCUT2D eigenvalue weighted by atomic mass is 35.5. The minimum Gasteiger partial charge on any atom is -0.467 e. The lowest BCUT2D eigenvalue weighted by atomic mass is 10.0. The molecule has 0 unspecified atom stereocenters. The molecule has 7 nitrogen and oxygen atoms in total. The number of H-pyrrole nitrogens is 1. The second-order valence-corrected chi connectivity index (χ2v) is 9.09. The zero-order valence-corrected chi connectivity index (χ0v) is 18.5. The molecule has 0 bridgehead atoms. The Kier molecular flexibility index (Phi) is 5.63. The van der Waals surface area contributed by atoms with Gasteiger partial charge in [-0.05, 0) is 41.3 Å². The molecule has 1 aliphatic rings. The van der Waals surface area contributed by atoms with Crippen LogP contribution in [0.5, 0.6) is 0 Å². The van der Waals surface area contributed by atoms with Gasteiger partial charge in [-0.15, -0.1) is 16.4 Å². The van der Waals surface area contributed by atoms with Crippen molar-refractivity contribution in [1.82, 2.24) is 20.2 Å². The molecule has 0 spiro atoms. The van der Waals surface area contributed by atoms with Gasteiger partial charge in [0.2, 0.25) is 5.16 Å². The average Bonchev–Trinajstić information content (AvgIpc) is 3.58. The number of nitrogens with zero attached hydrogens (tertiary/aromatic N) is 4. The van der Waals surface area contributed by atoms with Crippen LogP contribution in [0.1, 0.15) is 23.8 Å². The van der Waals surface area contributed by atoms with E-state index in [1.165, 1.54) is 16.8 Å². The number of thioether (sulfide) groups is 1. The minimum atomic E-state index is -0.289. The number of carbonyl (C=O) groups is 1. The Morgan fingerprint density at radius 3 is 2.87 bits per heavy atom. The maximum Gasteiger partial charge on any atom is 0.253 e. The van der Waals surface area contributed by atoms with Crippen molar-refractivity contribution in [3.05, 3.63) is 76.5 Å². The smallest absolute Gasteiger partial charge is 0.253 e. The molecule has 1 atom stereocenters. The number of halogens is 1. The van der Waals surface area contributed by atoms with Crippen LogP contribution in [0.3, 0.4) is 0 Å². The molecule has 4 heterocycles. The Labute approximate surface area is 191 Å². The van der Waals surface area contributed by atoms with Crippen LogP contribution in [0.2, 0.25) is 5.02 Å². The van der Waals surface area contributed by atoms with Crippen LogP contribution >= 0.6 is 34.7 Å². The van der Waals surface area contributed by atoms with Crippen LogP contribution in [-0.4, -0.2) is 37.6 Å². The van der Waals surface area contributed by atoms with Gasteiger partial charge in [-0.1, -0.05) is 41.6 Å². The van der Waals surface area contributed by atoms with Crippen LogP contribution in [0.25, 0.3) is 10.7 Å². The molecule has 3 aromatic heterocycles. The predicted molar refractivity (Wildman–Crippen MR) is 121 cm³/mol. The van der Waals surface area contributed by atoms with Crippen molar-refractivity contribution in [1.29, 1.82) is 0 Å². The molecule has 0 fully saturated rings. The van der Waals surface area contributed by atoms with Gasteiger partial charge in [-0.25, -0.2) is 9.99 Å². The van der Waals surface area contributed by atoms with Crippen LogP contribution in [-0.2, 0) is 4.79 Å². The Hall–Kier alpha value is -2.88. The number of nitrogens with one attached hydrogen (secondary N) is 1. The zero-order valence-electron chi connectivity index (χ0n) is 16.1. The van der Waals surface area contributed by atoms with Gasteiger partial charge in [0.1, 0.15) is 11.8 Å². The Balaban J connectivity index is 1.33. The van der Waals surface area contributed by atoms with Crippen LogP contribution < -0.4 is 0 Å². The quantitative estimate of drug-likeness (QED) is 0.390. The zero-order chi connectivity index (χ0) is 21.2. The third-order valence-corrected chi connectivity index (χ3v) is 6.72. The second kappa shape index (κ2) is 8.70. The number of aromatic nitrogens is 3. The molecule has 0 radical (unpaired) electrons. The van der Waals surface area contributed by atoms with E-state index in [0.717, 1.165) is 16.2 Å². The molecule has 1 aromatic carbocycles. The maximum atomic E-state index is 13.1. The summed E-state index contributed by atoms with van der Waals surface area (Å²) in [6.07, 6.45) is 2.17. The molecule has 0 saturated carbocycles. The summed E-state index contributed by atoms with van der Waals surface area (Å²) < 4.78 is 5.58. The number of benzene rings is 1. The highest BCUT2D eigenvalue weighted by molar-refractivity contribution is 7.99. The second-order valence-electron chi connectivity index (χ2n) is 6.76. The Morgan fingerprint density at radius 1 is 1.26 bits per heavy atom. The van der Waals surface area contributed by atoms with E-state index in [-0.39, 0.29) is 17.7 Å². The lowest BCUT2D eigenvalue weighted by molar-refractivity contribution is -0.130. The van der Waals surface area contributed by atoms with Gasteiger partial charge in [0.15, 0.2) is 5.82 Å². The standard InChI is InChI=1S/C21H16ClN5O2S2/c22-14-7-5-13(6-8-14)15-11-16(17-3-1-9-29-17)27(26-15)19(28)12-31-21-23-20(24-25-21)18-4-2-10-30-18/h1-10,16H,11-12H2,(H,23,24,25)/t16-/m0/s1. The molecule has 1 amide bonds. The number of hydrogen-bond donors (Lipinski definition) is 1. The summed E-state index contributed by atoms with van der Waals surface area (Å²) in [5.74, 6) is 1.42. The molecule has 1 N–H and O–H groups in total. The molecule has 31 heavy (non-hydrogen) atoms. The molecular weight excluding hydrogens is 454 g/mol. The summed E-state index contributed by atoms with van der Waals surface area (Å²) >= 11 is 8.86. The van der Waals surface area contributed by atoms with Gasteiger partial charge in [-0.2, -0.15) is 5.10 Å². The van der Waals surface area contributed by atoms with E-state index in [1.807, 2.05) is 53.9 Å². The SMILES string of the molecule is O=C(CSc1n[nH]c(-c2cccs2)n1)N1N=C(c2ccc(Cl)cc2)C[C@H]1c1ccco1. The number of carbonyl (C=O) groups excluding carboxylic acids is 1. The van der Waals surface area contributed by atoms with Gasteiger partial charge in [0.25, 0.3) is 5.91 Å². The van der Waals surface area contributed by atoms with E-state index in [9.17, 15) is 4.79 Å². The van der Waals surface area contributed by atoms with Crippen molar-refractivity contribution in [2.75, 3.05) is 5.75 Å². The minimum absolute atomic E-state index is 0.141. The van der Waals surface area contributed by atoms with Crippen molar-refractivity contribution in [3.8, 4) is 10.7 Å². The van der Waals surface area contributed by atoms with Gasteiger partial charge in [0, 0.05) is 11.4 Å². The molecule has 1 aliphatic heterocycles. The highest BCUT2D eigenvalue weighted by Gasteiger charge is 2.34. The van der Waals surface area contributed by atoms with Crippen molar-refractivity contribution in [3.63, 3.8) is 0 Å². The summed E-state index contributed by atoms with van der Waals surface area (Å²) in [5.41, 5.74) is 1.74. The average molecular weight is 470 g/mol. The third kappa shape index (κ3) is 4.30. The topological polar surface area (TPSA) is 87.4 Å². The molecule has 0 saturated heterocycles. The van der Waals surface area contributed by atoms with E-state index < -0.39 is 0 Å². The van der Waals surface area contributed by atoms with Gasteiger partial charge in [0.05, 0.1) is 22.6 Å². The van der Waals surface area contributed by atoms with Crippen LogP contribution in [0, 0.1) is 0 Å². The van der Waals surface area contributed by atoms with Crippen molar-refractivity contribution >= 4 is 46.3 Å². The molecule has 4 aromatic rings. The summed E-state index contributed by atoms with van der Waals surface area (Å²) in [5, 5.41) is 16.4. The fourth-order valence-corrected chi connectivity index (χ4v) is 4.73. The normalized spacial score (nSPS) is 16.0. The number of thiophene rings is 1. The first-order chi connectivity index (χ1) is 15.2. The van der Waals surface area contributed by atoms with Gasteiger partial charge >= 0.3 is 0 Å². The molecule has 10 heteroatoms. The first-order valence-electron chi connectivity index (χ1n) is 9.45. The van der Waals surface area contributed by atoms with E-state index in [0.29, 0.717) is 28.2 Å². The summed E-state index contributed by atoms with van der Waals surface area (Å²) in [4.78, 5) is 18.5. The molecule has 5 rings (SSSR count). The Morgan fingerprint density at radius 2 is 2.13 bits per heavy atom. The molecule has 0 aliphatic carbocycles. The highest BCUT2D eigenvalue weighted by Crippen LogP contribution is 2.34. The van der Waals surface area contributed by atoms with Gasteiger partial charge < -0.3 is 4.42 Å². The Bertz CT molecular complexity index is 1200. The number of amides is 1. The summed E-state index contributed by atoms with van der Waals surface area (Å²) in [7, 11) is 0. The van der Waals surface area contributed by atoms with Crippen LogP contribution in [0.15, 0.2) is 74.8 Å². The fourth-order valence-electron chi connectivity index (χ4n) is 3.29. The number of rotatable bonds is 6. The predicted octanol–water partition coefficient (Wildman–Crippen LogP) is 5.25. The largest absolute Gasteiger partial charge is 0.467 e. The lowest BCUT2D eigenvalue weighted by Crippen LogP contribution is -2.28. The maximum absolute atomic E-state index is 13.1. The van der Waals surface area contributed by atoms with Crippen molar-refractivity contribution < 1.29 is 9.21 Å².